The lowest BCUT2D eigenvalue weighted by Gasteiger charge is -2.13. The highest BCUT2D eigenvalue weighted by atomic mass is 32.2. The Morgan fingerprint density at radius 1 is 1.05 bits per heavy atom. The lowest BCUT2D eigenvalue weighted by Crippen LogP contribution is -2.16. The van der Waals surface area contributed by atoms with Gasteiger partial charge in [0.1, 0.15) is 0 Å². The van der Waals surface area contributed by atoms with Gasteiger partial charge in [0.05, 0.1) is 12.3 Å². The largest absolute Gasteiger partial charge is 0.481 e. The lowest BCUT2D eigenvalue weighted by molar-refractivity contribution is -0.137. The van der Waals surface area contributed by atoms with Crippen molar-refractivity contribution in [2.75, 3.05) is 0 Å². The van der Waals surface area contributed by atoms with E-state index in [1.165, 1.54) is 11.8 Å². The predicted octanol–water partition coefficient (Wildman–Crippen LogP) is 3.59. The topological polar surface area (TPSA) is 54.4 Å². The van der Waals surface area contributed by atoms with Crippen LogP contribution in [0.2, 0.25) is 0 Å². The monoisotopic (exact) mass is 284 g/mol. The fourth-order valence-electron chi connectivity index (χ4n) is 2.45. The fraction of sp³-hybridized carbons (Fsp3) is 0.125. The minimum absolute atomic E-state index is 0.111. The number of aliphatic carboxylic acids is 1. The van der Waals surface area contributed by atoms with E-state index in [9.17, 15) is 9.59 Å². The van der Waals surface area contributed by atoms with Crippen LogP contribution in [-0.4, -0.2) is 16.9 Å². The van der Waals surface area contributed by atoms with Crippen LogP contribution in [0.5, 0.6) is 0 Å². The van der Waals surface area contributed by atoms with Crippen molar-refractivity contribution in [1.29, 1.82) is 0 Å². The molecule has 3 rings (SSSR count). The van der Waals surface area contributed by atoms with Crippen LogP contribution in [0.15, 0.2) is 58.3 Å². The molecule has 2 aromatic rings. The Hall–Kier alpha value is -2.07. The maximum absolute atomic E-state index is 12.7. The van der Waals surface area contributed by atoms with E-state index in [1.54, 1.807) is 6.07 Å². The van der Waals surface area contributed by atoms with Crippen molar-refractivity contribution in [1.82, 2.24) is 0 Å². The molecule has 3 nitrogen and oxygen atoms in total. The van der Waals surface area contributed by atoms with Crippen LogP contribution < -0.4 is 0 Å². The summed E-state index contributed by atoms with van der Waals surface area (Å²) in [5.41, 5.74) is 1.42. The van der Waals surface area contributed by atoms with Gasteiger partial charge in [-0.1, -0.05) is 48.2 Å². The molecule has 1 atom stereocenters. The van der Waals surface area contributed by atoms with Crippen molar-refractivity contribution >= 4 is 23.5 Å². The van der Waals surface area contributed by atoms with Crippen LogP contribution in [0, 0.1) is 0 Å². The van der Waals surface area contributed by atoms with Crippen LogP contribution >= 0.6 is 11.8 Å². The highest BCUT2D eigenvalue weighted by Crippen LogP contribution is 2.42. The Balaban J connectivity index is 2.19. The Morgan fingerprint density at radius 2 is 1.70 bits per heavy atom. The standard InChI is InChI=1S/C16H12O3S/c17-15(18)9-12-10-5-1-3-7-13(10)20-14-8-4-2-6-11(14)16(12)19/h1-8,12H,9H2,(H,17,18). The molecule has 0 amide bonds. The smallest absolute Gasteiger partial charge is 0.304 e. The zero-order chi connectivity index (χ0) is 14.1. The average Bonchev–Trinajstić information content (AvgIpc) is 2.55. The molecule has 20 heavy (non-hydrogen) atoms. The molecule has 0 radical (unpaired) electrons. The number of Topliss-reactive ketones (excluding diaryl/α,β-unsaturated/α-hetero) is 1. The highest BCUT2D eigenvalue weighted by molar-refractivity contribution is 7.99. The van der Waals surface area contributed by atoms with Crippen LogP contribution in [-0.2, 0) is 4.79 Å². The third-order valence-corrected chi connectivity index (χ3v) is 4.53. The van der Waals surface area contributed by atoms with Crippen molar-refractivity contribution in [2.45, 2.75) is 22.1 Å². The summed E-state index contributed by atoms with van der Waals surface area (Å²) in [6.45, 7) is 0. The van der Waals surface area contributed by atoms with E-state index in [2.05, 4.69) is 0 Å². The van der Waals surface area contributed by atoms with Gasteiger partial charge in [-0.05, 0) is 17.7 Å². The van der Waals surface area contributed by atoms with Gasteiger partial charge in [-0.25, -0.2) is 0 Å². The number of hydrogen-bond acceptors (Lipinski definition) is 3. The number of carboxylic acid groups (broad SMARTS) is 1. The summed E-state index contributed by atoms with van der Waals surface area (Å²) in [6.07, 6.45) is -0.176. The molecule has 0 saturated carbocycles. The molecule has 0 fully saturated rings. The third kappa shape index (κ3) is 2.23. The van der Waals surface area contributed by atoms with E-state index in [0.29, 0.717) is 5.56 Å². The Kier molecular flexibility index (Phi) is 3.32. The van der Waals surface area contributed by atoms with Crippen molar-refractivity contribution < 1.29 is 14.7 Å². The van der Waals surface area contributed by atoms with Crippen molar-refractivity contribution in [3.63, 3.8) is 0 Å². The maximum atomic E-state index is 12.7. The summed E-state index contributed by atoms with van der Waals surface area (Å²) in [7, 11) is 0. The van der Waals surface area contributed by atoms with E-state index < -0.39 is 11.9 Å². The van der Waals surface area contributed by atoms with Crippen LogP contribution in [0.25, 0.3) is 0 Å². The van der Waals surface area contributed by atoms with E-state index in [1.807, 2.05) is 42.5 Å². The Morgan fingerprint density at radius 3 is 2.45 bits per heavy atom. The average molecular weight is 284 g/mol. The molecule has 1 aliphatic rings. The first-order valence-corrected chi connectivity index (χ1v) is 7.10. The van der Waals surface area contributed by atoms with Gasteiger partial charge in [0, 0.05) is 15.4 Å². The Labute approximate surface area is 120 Å². The van der Waals surface area contributed by atoms with E-state index in [-0.39, 0.29) is 12.2 Å². The van der Waals surface area contributed by atoms with E-state index in [4.69, 9.17) is 5.11 Å². The predicted molar refractivity (Wildman–Crippen MR) is 76.3 cm³/mol. The van der Waals surface area contributed by atoms with Gasteiger partial charge >= 0.3 is 5.97 Å². The summed E-state index contributed by atoms with van der Waals surface area (Å²) in [5.74, 6) is -1.68. The number of ketones is 1. The number of carbonyl (C=O) groups excluding carboxylic acids is 1. The molecule has 0 aromatic heterocycles. The van der Waals surface area contributed by atoms with Crippen molar-refractivity contribution in [3.05, 3.63) is 59.7 Å². The third-order valence-electron chi connectivity index (χ3n) is 3.36. The van der Waals surface area contributed by atoms with Crippen LogP contribution in [0.1, 0.15) is 28.3 Å². The SMILES string of the molecule is O=C(O)CC1C(=O)c2ccccc2Sc2ccccc21. The summed E-state index contributed by atoms with van der Waals surface area (Å²) >= 11 is 1.52. The highest BCUT2D eigenvalue weighted by Gasteiger charge is 2.31. The van der Waals surface area contributed by atoms with Crippen LogP contribution in [0.4, 0.5) is 0 Å². The first-order valence-electron chi connectivity index (χ1n) is 6.28. The second-order valence-electron chi connectivity index (χ2n) is 4.65. The summed E-state index contributed by atoms with van der Waals surface area (Å²) < 4.78 is 0. The molecule has 1 aliphatic heterocycles. The molecule has 0 spiro atoms. The zero-order valence-electron chi connectivity index (χ0n) is 10.6. The Bertz CT molecular complexity index is 694. The quantitative estimate of drug-likeness (QED) is 0.915. The van der Waals surface area contributed by atoms with E-state index in [0.717, 1.165) is 15.4 Å². The molecular weight excluding hydrogens is 272 g/mol. The first-order chi connectivity index (χ1) is 9.66. The molecule has 1 unspecified atom stereocenters. The molecule has 4 heteroatoms. The summed E-state index contributed by atoms with van der Waals surface area (Å²) in [5, 5.41) is 9.09. The molecule has 0 bridgehead atoms. The van der Waals surface area contributed by atoms with Crippen molar-refractivity contribution in [2.24, 2.45) is 0 Å². The van der Waals surface area contributed by atoms with E-state index >= 15 is 0 Å². The minimum Gasteiger partial charge on any atom is -0.481 e. The molecule has 1 N–H and O–H groups in total. The second-order valence-corrected chi connectivity index (χ2v) is 5.73. The zero-order valence-corrected chi connectivity index (χ0v) is 11.4. The van der Waals surface area contributed by atoms with Gasteiger partial charge in [-0.15, -0.1) is 0 Å². The van der Waals surface area contributed by atoms with Gasteiger partial charge in [-0.2, -0.15) is 0 Å². The van der Waals surface area contributed by atoms with Gasteiger partial charge in [0.25, 0.3) is 0 Å². The molecule has 0 aliphatic carbocycles. The second kappa shape index (κ2) is 5.13. The molecular formula is C16H12O3S. The molecule has 0 saturated heterocycles. The molecule has 1 heterocycles. The molecule has 2 aromatic carbocycles. The minimum atomic E-state index is -0.956. The summed E-state index contributed by atoms with van der Waals surface area (Å²) in [4.78, 5) is 25.6. The number of carbonyl (C=O) groups is 2. The number of fused-ring (bicyclic) bond motifs is 2. The lowest BCUT2D eigenvalue weighted by atomic mass is 9.88. The van der Waals surface area contributed by atoms with Gasteiger partial charge < -0.3 is 5.11 Å². The normalized spacial score (nSPS) is 17.0. The van der Waals surface area contributed by atoms with Gasteiger partial charge in [-0.3, -0.25) is 9.59 Å². The first kappa shape index (κ1) is 12.9. The fourth-order valence-corrected chi connectivity index (χ4v) is 3.58. The maximum Gasteiger partial charge on any atom is 0.304 e. The summed E-state index contributed by atoms with van der Waals surface area (Å²) in [6, 6.07) is 14.9. The number of hydrogen-bond donors (Lipinski definition) is 1. The number of rotatable bonds is 2. The molecule has 100 valence electrons. The number of carboxylic acids is 1. The van der Waals surface area contributed by atoms with Gasteiger partial charge in [0.15, 0.2) is 5.78 Å². The van der Waals surface area contributed by atoms with Gasteiger partial charge in [0.2, 0.25) is 0 Å². The number of benzene rings is 2. The van der Waals surface area contributed by atoms with Crippen molar-refractivity contribution in [3.8, 4) is 0 Å². The van der Waals surface area contributed by atoms with Crippen LogP contribution in [0.3, 0.4) is 0 Å².